The minimum Gasteiger partial charge on any atom is -0.495 e. The molecule has 0 saturated carbocycles. The molecule has 0 aliphatic carbocycles. The molecule has 1 fully saturated rings. The normalized spacial score (nSPS) is 15.3. The molecule has 1 aliphatic heterocycles. The molecule has 1 saturated heterocycles. The van der Waals surface area contributed by atoms with Gasteiger partial charge in [-0.05, 0) is 59.6 Å². The number of ether oxygens (including phenoxy) is 2. The Morgan fingerprint density at radius 2 is 1.91 bits per heavy atom. The van der Waals surface area contributed by atoms with E-state index in [1.807, 2.05) is 45.6 Å². The van der Waals surface area contributed by atoms with Crippen molar-refractivity contribution in [2.75, 3.05) is 30.8 Å². The topological polar surface area (TPSA) is 156 Å². The van der Waals surface area contributed by atoms with Gasteiger partial charge in [-0.2, -0.15) is 4.98 Å². The number of carbonyl (C=O) groups is 2. The third-order valence-electron chi connectivity index (χ3n) is 7.21. The molecule has 0 radical (unpaired) electrons. The molecule has 13 nitrogen and oxygen atoms in total. The van der Waals surface area contributed by atoms with Crippen LogP contribution in [0, 0.1) is 0 Å². The lowest BCUT2D eigenvalue weighted by atomic mass is 10.1. The van der Waals surface area contributed by atoms with Gasteiger partial charge in [0.2, 0.25) is 5.95 Å². The number of para-hydroxylation sites is 1. The van der Waals surface area contributed by atoms with Gasteiger partial charge in [0, 0.05) is 38.3 Å². The second kappa shape index (κ2) is 12.4. The van der Waals surface area contributed by atoms with Gasteiger partial charge in [-0.25, -0.2) is 9.59 Å². The Morgan fingerprint density at radius 1 is 1.19 bits per heavy atom. The number of rotatable bonds is 8. The fraction of sp³-hybridized carbons (Fsp3) is 0.500. The molecule has 1 aliphatic rings. The van der Waals surface area contributed by atoms with Gasteiger partial charge in [-0.15, -0.1) is 0 Å². The third-order valence-corrected chi connectivity index (χ3v) is 7.21. The van der Waals surface area contributed by atoms with E-state index in [9.17, 15) is 19.2 Å². The number of methoxy groups -OCH3 is 1. The van der Waals surface area contributed by atoms with E-state index in [0.29, 0.717) is 31.3 Å². The van der Waals surface area contributed by atoms with E-state index in [1.54, 1.807) is 16.7 Å². The monoisotopic (exact) mass is 595 g/mol. The summed E-state index contributed by atoms with van der Waals surface area (Å²) in [6.07, 6.45) is 2.99. The number of imidazole rings is 1. The van der Waals surface area contributed by atoms with Gasteiger partial charge in [-0.3, -0.25) is 18.7 Å². The lowest BCUT2D eigenvalue weighted by molar-refractivity contribution is 0.0499. The standard InChI is InChI=1S/C30H41N7O6/c1-18(2)13-15-36-24-25(33-27(36)35-14-9-10-19(16-35)32-28(40)43-30(3,4)5)34(6)29(41)37(26(24)39)17-21(38)20-11-8-12-22(42-7)23(20)31/h8,11-13,19H,9-10,14-17,31H2,1-7H3,(H,32,40). The molecule has 3 N–H and O–H groups in total. The second-order valence-corrected chi connectivity index (χ2v) is 12.0. The Kier molecular flexibility index (Phi) is 9.02. The summed E-state index contributed by atoms with van der Waals surface area (Å²) in [5, 5.41) is 2.94. The summed E-state index contributed by atoms with van der Waals surface area (Å²) in [7, 11) is 2.97. The van der Waals surface area contributed by atoms with Crippen LogP contribution in [0.25, 0.3) is 11.2 Å². The quantitative estimate of drug-likeness (QED) is 0.227. The number of aryl methyl sites for hydroxylation is 1. The summed E-state index contributed by atoms with van der Waals surface area (Å²) < 4.78 is 14.6. The molecule has 0 bridgehead atoms. The summed E-state index contributed by atoms with van der Waals surface area (Å²) in [5.74, 6) is 0.320. The molecule has 3 heterocycles. The highest BCUT2D eigenvalue weighted by Gasteiger charge is 2.29. The molecular weight excluding hydrogens is 554 g/mol. The predicted octanol–water partition coefficient (Wildman–Crippen LogP) is 2.83. The zero-order valence-corrected chi connectivity index (χ0v) is 25.9. The summed E-state index contributed by atoms with van der Waals surface area (Å²) in [6.45, 7) is 10.2. The molecule has 2 aromatic heterocycles. The van der Waals surface area contributed by atoms with Crippen LogP contribution < -0.4 is 31.9 Å². The van der Waals surface area contributed by atoms with Gasteiger partial charge in [0.1, 0.15) is 11.4 Å². The molecule has 1 atom stereocenters. The zero-order valence-electron chi connectivity index (χ0n) is 25.9. The lowest BCUT2D eigenvalue weighted by Gasteiger charge is -2.34. The van der Waals surface area contributed by atoms with E-state index < -0.39 is 35.3 Å². The zero-order chi connectivity index (χ0) is 31.6. The van der Waals surface area contributed by atoms with Crippen molar-refractivity contribution >= 4 is 34.7 Å². The molecule has 4 rings (SSSR count). The van der Waals surface area contributed by atoms with Crippen molar-refractivity contribution in [1.82, 2.24) is 24.0 Å². The summed E-state index contributed by atoms with van der Waals surface area (Å²) >= 11 is 0. The van der Waals surface area contributed by atoms with E-state index in [4.69, 9.17) is 20.2 Å². The number of fused-ring (bicyclic) bond motifs is 1. The number of carbonyl (C=O) groups excluding carboxylic acids is 2. The minimum atomic E-state index is -0.672. The smallest absolute Gasteiger partial charge is 0.407 e. The minimum absolute atomic E-state index is 0.136. The van der Waals surface area contributed by atoms with Gasteiger partial charge in [0.25, 0.3) is 5.56 Å². The number of amides is 1. The fourth-order valence-electron chi connectivity index (χ4n) is 5.13. The van der Waals surface area contributed by atoms with E-state index >= 15 is 0 Å². The van der Waals surface area contributed by atoms with Crippen LogP contribution in [-0.4, -0.2) is 62.4 Å². The van der Waals surface area contributed by atoms with Crippen LogP contribution in [0.2, 0.25) is 0 Å². The number of nitrogens with two attached hydrogens (primary N) is 1. The Balaban J connectivity index is 1.77. The van der Waals surface area contributed by atoms with E-state index in [-0.39, 0.29) is 28.5 Å². The first-order chi connectivity index (χ1) is 20.2. The highest BCUT2D eigenvalue weighted by Crippen LogP contribution is 2.26. The number of anilines is 2. The Bertz CT molecular complexity index is 1690. The fourth-order valence-corrected chi connectivity index (χ4v) is 5.13. The van der Waals surface area contributed by atoms with Crippen molar-refractivity contribution < 1.29 is 19.1 Å². The number of nitrogens with one attached hydrogen (secondary N) is 1. The number of Topliss-reactive ketones (excluding diaryl/α,β-unsaturated/α-hetero) is 1. The molecule has 0 spiro atoms. The highest BCUT2D eigenvalue weighted by molar-refractivity contribution is 6.01. The number of nitrogen functional groups attached to an aromatic ring is 1. The first-order valence-corrected chi connectivity index (χ1v) is 14.3. The van der Waals surface area contributed by atoms with E-state index in [2.05, 4.69) is 5.32 Å². The number of ketones is 1. The number of piperidine rings is 1. The number of allylic oxidation sites excluding steroid dienone is 2. The Morgan fingerprint density at radius 3 is 2.56 bits per heavy atom. The van der Waals surface area contributed by atoms with E-state index in [1.165, 1.54) is 24.8 Å². The van der Waals surface area contributed by atoms with Crippen molar-refractivity contribution in [3.8, 4) is 5.75 Å². The van der Waals surface area contributed by atoms with Crippen LogP contribution in [0.15, 0.2) is 39.4 Å². The molecule has 3 aromatic rings. The third kappa shape index (κ3) is 6.76. The van der Waals surface area contributed by atoms with Crippen molar-refractivity contribution in [2.24, 2.45) is 7.05 Å². The van der Waals surface area contributed by atoms with Crippen LogP contribution in [-0.2, 0) is 24.9 Å². The molecule has 1 unspecified atom stereocenters. The number of nitrogens with zero attached hydrogens (tertiary/aromatic N) is 5. The molecule has 232 valence electrons. The molecular formula is C30H41N7O6. The van der Waals surface area contributed by atoms with E-state index in [0.717, 1.165) is 23.0 Å². The summed E-state index contributed by atoms with van der Waals surface area (Å²) in [4.78, 5) is 59.9. The average Bonchev–Trinajstić information content (AvgIpc) is 3.32. The SMILES string of the molecule is COc1cccc(C(=O)Cn2c(=O)c3c(nc(N4CCCC(NC(=O)OC(C)(C)C)C4)n3CC=C(C)C)n(C)c2=O)c1N. The Labute approximate surface area is 249 Å². The van der Waals surface area contributed by atoms with Crippen LogP contribution in [0.5, 0.6) is 5.75 Å². The molecule has 1 aromatic carbocycles. The summed E-state index contributed by atoms with van der Waals surface area (Å²) in [5.41, 5.74) is 5.92. The second-order valence-electron chi connectivity index (χ2n) is 12.0. The lowest BCUT2D eigenvalue weighted by Crippen LogP contribution is -2.49. The average molecular weight is 596 g/mol. The summed E-state index contributed by atoms with van der Waals surface area (Å²) in [6, 6.07) is 4.58. The molecule has 13 heteroatoms. The van der Waals surface area contributed by atoms with Crippen molar-refractivity contribution in [3.63, 3.8) is 0 Å². The largest absolute Gasteiger partial charge is 0.495 e. The van der Waals surface area contributed by atoms with Crippen molar-refractivity contribution in [3.05, 3.63) is 56.2 Å². The van der Waals surface area contributed by atoms with Gasteiger partial charge >= 0.3 is 11.8 Å². The van der Waals surface area contributed by atoms with Crippen LogP contribution in [0.1, 0.15) is 57.8 Å². The van der Waals surface area contributed by atoms with Crippen LogP contribution in [0.3, 0.4) is 0 Å². The van der Waals surface area contributed by atoms with Gasteiger partial charge in [0.05, 0.1) is 19.3 Å². The van der Waals surface area contributed by atoms with Gasteiger partial charge < -0.3 is 30.0 Å². The molecule has 43 heavy (non-hydrogen) atoms. The maximum Gasteiger partial charge on any atom is 0.407 e. The molecule has 1 amide bonds. The van der Waals surface area contributed by atoms with Crippen molar-refractivity contribution in [2.45, 2.75) is 72.2 Å². The first-order valence-electron chi connectivity index (χ1n) is 14.3. The number of hydrogen-bond acceptors (Lipinski definition) is 9. The maximum absolute atomic E-state index is 13.9. The van der Waals surface area contributed by atoms with Gasteiger partial charge in [0.15, 0.2) is 16.9 Å². The van der Waals surface area contributed by atoms with Crippen LogP contribution in [0.4, 0.5) is 16.4 Å². The van der Waals surface area contributed by atoms with Crippen LogP contribution >= 0.6 is 0 Å². The first kappa shape index (κ1) is 31.4. The Hall–Kier alpha value is -4.55. The number of aromatic nitrogens is 4. The predicted molar refractivity (Wildman–Crippen MR) is 165 cm³/mol. The maximum atomic E-state index is 13.9. The number of alkyl carbamates (subject to hydrolysis) is 1. The van der Waals surface area contributed by atoms with Crippen molar-refractivity contribution in [1.29, 1.82) is 0 Å². The highest BCUT2D eigenvalue weighted by atomic mass is 16.6. The van der Waals surface area contributed by atoms with Gasteiger partial charge in [-0.1, -0.05) is 17.7 Å². The number of hydrogen-bond donors (Lipinski definition) is 2. The number of benzene rings is 1.